The fourth-order valence-electron chi connectivity index (χ4n) is 2.78. The lowest BCUT2D eigenvalue weighted by molar-refractivity contribution is 0.0825. The molecule has 5 nitrogen and oxygen atoms in total. The van der Waals surface area contributed by atoms with Gasteiger partial charge in [0, 0.05) is 32.1 Å². The normalized spacial score (nSPS) is 11.3. The maximum absolute atomic E-state index is 12.6. The van der Waals surface area contributed by atoms with E-state index in [4.69, 9.17) is 0 Å². The fraction of sp³-hybridized carbons (Fsp3) is 0.200. The van der Waals surface area contributed by atoms with E-state index in [1.807, 2.05) is 49.4 Å². The largest absolute Gasteiger partial charge is 0.504 e. The molecule has 1 amide bonds. The van der Waals surface area contributed by atoms with Crippen LogP contribution in [-0.2, 0) is 6.42 Å². The van der Waals surface area contributed by atoms with E-state index < -0.39 is 0 Å². The summed E-state index contributed by atoms with van der Waals surface area (Å²) in [4.78, 5) is 18.4. The number of carbonyl (C=O) groups excluding carboxylic acids is 1. The van der Waals surface area contributed by atoms with Gasteiger partial charge in [-0.15, -0.1) is 0 Å². The van der Waals surface area contributed by atoms with Crippen molar-refractivity contribution < 1.29 is 9.90 Å². The number of rotatable bonds is 4. The van der Waals surface area contributed by atoms with E-state index in [-0.39, 0.29) is 11.7 Å². The van der Waals surface area contributed by atoms with Gasteiger partial charge in [0.15, 0.2) is 11.4 Å². The Morgan fingerprint density at radius 2 is 1.96 bits per heavy atom. The zero-order chi connectivity index (χ0) is 18.0. The molecule has 25 heavy (non-hydrogen) atoms. The van der Waals surface area contributed by atoms with Gasteiger partial charge in [-0.1, -0.05) is 42.5 Å². The van der Waals surface area contributed by atoms with Gasteiger partial charge in [-0.3, -0.25) is 4.79 Å². The summed E-state index contributed by atoms with van der Waals surface area (Å²) < 4.78 is 1.70. The first-order chi connectivity index (χ1) is 12.0. The van der Waals surface area contributed by atoms with Gasteiger partial charge >= 0.3 is 0 Å². The summed E-state index contributed by atoms with van der Waals surface area (Å²) in [5, 5.41) is 10.7. The molecule has 0 aliphatic heterocycles. The molecule has 0 unspecified atom stereocenters. The molecule has 3 aromatic rings. The number of aromatic hydroxyl groups is 1. The number of hydrogen-bond acceptors (Lipinski definition) is 3. The Labute approximate surface area is 146 Å². The lowest BCUT2D eigenvalue weighted by Gasteiger charge is -2.15. The number of pyridine rings is 1. The summed E-state index contributed by atoms with van der Waals surface area (Å²) in [7, 11) is 3.40. The third kappa shape index (κ3) is 3.40. The van der Waals surface area contributed by atoms with Crippen LogP contribution in [0.1, 0.15) is 27.2 Å². The second kappa shape index (κ2) is 6.81. The smallest absolute Gasteiger partial charge is 0.255 e. The van der Waals surface area contributed by atoms with Crippen molar-refractivity contribution in [3.63, 3.8) is 0 Å². The van der Waals surface area contributed by atoms with Gasteiger partial charge in [0.25, 0.3) is 5.91 Å². The highest BCUT2D eigenvalue weighted by Crippen LogP contribution is 2.28. The zero-order valence-electron chi connectivity index (χ0n) is 14.6. The first kappa shape index (κ1) is 16.8. The topological polar surface area (TPSA) is 57.8 Å². The minimum absolute atomic E-state index is 0.0542. The van der Waals surface area contributed by atoms with E-state index in [0.717, 1.165) is 11.3 Å². The van der Waals surface area contributed by atoms with E-state index in [1.54, 1.807) is 30.9 Å². The van der Waals surface area contributed by atoms with Crippen LogP contribution in [0.15, 0.2) is 48.8 Å². The molecule has 0 fully saturated rings. The molecule has 0 bridgehead atoms. The maximum Gasteiger partial charge on any atom is 0.255 e. The molecule has 128 valence electrons. The molecular formula is C20H21N3O2. The first-order valence-corrected chi connectivity index (χ1v) is 8.10. The molecular weight excluding hydrogens is 314 g/mol. The van der Waals surface area contributed by atoms with Crippen LogP contribution < -0.4 is 0 Å². The van der Waals surface area contributed by atoms with Crippen molar-refractivity contribution in [2.75, 3.05) is 14.1 Å². The molecule has 0 atom stereocenters. The molecule has 0 radical (unpaired) electrons. The highest BCUT2D eigenvalue weighted by Gasteiger charge is 2.20. The SMILES string of the molecule is Cc1cn2cc(C(=O)N(C)C)c(C/C=C/c3ccccc3)c(O)c2n1. The van der Waals surface area contributed by atoms with E-state index in [1.165, 1.54) is 4.90 Å². The Kier molecular flexibility index (Phi) is 4.57. The lowest BCUT2D eigenvalue weighted by Crippen LogP contribution is -2.23. The van der Waals surface area contributed by atoms with Crippen molar-refractivity contribution in [2.45, 2.75) is 13.3 Å². The summed E-state index contributed by atoms with van der Waals surface area (Å²) in [6, 6.07) is 9.91. The van der Waals surface area contributed by atoms with Gasteiger partial charge in [0.2, 0.25) is 0 Å². The van der Waals surface area contributed by atoms with Crippen molar-refractivity contribution in [3.8, 4) is 5.75 Å². The predicted octanol–water partition coefficient (Wildman–Crippen LogP) is 3.31. The van der Waals surface area contributed by atoms with Gasteiger partial charge in [0.1, 0.15) is 0 Å². The average Bonchev–Trinajstić information content (AvgIpc) is 2.97. The molecule has 0 saturated heterocycles. The number of allylic oxidation sites excluding steroid dienone is 1. The number of carbonyl (C=O) groups is 1. The van der Waals surface area contributed by atoms with E-state index in [0.29, 0.717) is 23.2 Å². The van der Waals surface area contributed by atoms with Crippen molar-refractivity contribution >= 4 is 17.6 Å². The number of imidazole rings is 1. The van der Waals surface area contributed by atoms with E-state index in [2.05, 4.69) is 4.98 Å². The molecule has 2 aromatic heterocycles. The lowest BCUT2D eigenvalue weighted by atomic mass is 10.0. The molecule has 5 heteroatoms. The fourth-order valence-corrected chi connectivity index (χ4v) is 2.78. The summed E-state index contributed by atoms with van der Waals surface area (Å²) in [5.41, 5.74) is 3.39. The number of hydrogen-bond donors (Lipinski definition) is 1. The molecule has 0 aliphatic carbocycles. The third-order valence-electron chi connectivity index (χ3n) is 4.01. The molecule has 2 heterocycles. The third-order valence-corrected chi connectivity index (χ3v) is 4.01. The van der Waals surface area contributed by atoms with Crippen LogP contribution in [0.25, 0.3) is 11.7 Å². The molecule has 1 aromatic carbocycles. The number of aryl methyl sites for hydroxylation is 1. The van der Waals surface area contributed by atoms with Crippen LogP contribution in [0.3, 0.4) is 0 Å². The van der Waals surface area contributed by atoms with Crippen LogP contribution in [-0.4, -0.2) is 39.4 Å². The molecule has 1 N–H and O–H groups in total. The van der Waals surface area contributed by atoms with Crippen LogP contribution in [0.2, 0.25) is 0 Å². The van der Waals surface area contributed by atoms with Crippen molar-refractivity contribution in [2.24, 2.45) is 0 Å². The molecule has 3 rings (SSSR count). The number of amides is 1. The van der Waals surface area contributed by atoms with Crippen molar-refractivity contribution in [1.29, 1.82) is 0 Å². The monoisotopic (exact) mass is 335 g/mol. The predicted molar refractivity (Wildman–Crippen MR) is 98.8 cm³/mol. The second-order valence-electron chi connectivity index (χ2n) is 6.20. The highest BCUT2D eigenvalue weighted by molar-refractivity contribution is 5.96. The summed E-state index contributed by atoms with van der Waals surface area (Å²) in [6.45, 7) is 1.86. The Bertz CT molecular complexity index is 940. The van der Waals surface area contributed by atoms with Gasteiger partial charge in [-0.05, 0) is 18.9 Å². The van der Waals surface area contributed by atoms with Crippen LogP contribution in [0.5, 0.6) is 5.75 Å². The Morgan fingerprint density at radius 3 is 2.64 bits per heavy atom. The summed E-state index contributed by atoms with van der Waals surface area (Å²) in [6.07, 6.45) is 7.90. The van der Waals surface area contributed by atoms with Crippen LogP contribution in [0.4, 0.5) is 0 Å². The number of benzene rings is 1. The minimum atomic E-state index is -0.147. The van der Waals surface area contributed by atoms with Gasteiger partial charge < -0.3 is 14.4 Å². The Hall–Kier alpha value is -3.08. The molecule has 0 aliphatic rings. The van der Waals surface area contributed by atoms with Crippen molar-refractivity contribution in [1.82, 2.24) is 14.3 Å². The maximum atomic E-state index is 12.6. The van der Waals surface area contributed by atoms with Gasteiger partial charge in [0.05, 0.1) is 11.3 Å². The highest BCUT2D eigenvalue weighted by atomic mass is 16.3. The van der Waals surface area contributed by atoms with Crippen molar-refractivity contribution in [3.05, 3.63) is 71.2 Å². The number of aromatic nitrogens is 2. The minimum Gasteiger partial charge on any atom is -0.504 e. The Morgan fingerprint density at radius 1 is 1.24 bits per heavy atom. The standard InChI is InChI=1S/C20H21N3O2/c1-14-12-23-13-17(20(25)22(2)3)16(18(24)19(23)21-14)11-7-10-15-8-5-4-6-9-15/h4-10,12-13,24H,11H2,1-3H3/b10-7+. The first-order valence-electron chi connectivity index (χ1n) is 8.10. The summed E-state index contributed by atoms with van der Waals surface area (Å²) >= 11 is 0. The number of fused-ring (bicyclic) bond motifs is 1. The van der Waals surface area contributed by atoms with E-state index >= 15 is 0 Å². The molecule has 0 spiro atoms. The quantitative estimate of drug-likeness (QED) is 0.796. The van der Waals surface area contributed by atoms with E-state index in [9.17, 15) is 9.90 Å². The summed E-state index contributed by atoms with van der Waals surface area (Å²) in [5.74, 6) is -0.0924. The number of nitrogens with zero attached hydrogens (tertiary/aromatic N) is 3. The average molecular weight is 335 g/mol. The van der Waals surface area contributed by atoms with Gasteiger partial charge in [-0.25, -0.2) is 4.98 Å². The molecule has 0 saturated carbocycles. The Balaban J connectivity index is 2.04. The van der Waals surface area contributed by atoms with Crippen LogP contribution in [0, 0.1) is 6.92 Å². The second-order valence-corrected chi connectivity index (χ2v) is 6.20. The van der Waals surface area contributed by atoms with Crippen LogP contribution >= 0.6 is 0 Å². The zero-order valence-corrected chi connectivity index (χ0v) is 14.6. The van der Waals surface area contributed by atoms with Gasteiger partial charge in [-0.2, -0.15) is 0 Å².